The van der Waals surface area contributed by atoms with Crippen molar-refractivity contribution in [3.05, 3.63) is 26.0 Å². The van der Waals surface area contributed by atoms with Crippen LogP contribution in [-0.4, -0.2) is 4.98 Å². The zero-order valence-electron chi connectivity index (χ0n) is 6.20. The summed E-state index contributed by atoms with van der Waals surface area (Å²) in [6.45, 7) is 0. The van der Waals surface area contributed by atoms with Crippen LogP contribution < -0.4 is 0 Å². The zero-order valence-corrected chi connectivity index (χ0v) is 9.87. The topological polar surface area (TPSA) is 12.9 Å². The lowest BCUT2D eigenvalue weighted by atomic mass is 10.2. The smallest absolute Gasteiger partial charge is 0.244 e. The van der Waals surface area contributed by atoms with E-state index in [0.717, 1.165) is 0 Å². The van der Waals surface area contributed by atoms with Crippen molar-refractivity contribution in [3.8, 4) is 0 Å². The molecule has 0 unspecified atom stereocenters. The summed E-state index contributed by atoms with van der Waals surface area (Å²) in [5, 5.41) is 0.00414. The summed E-state index contributed by atoms with van der Waals surface area (Å²) < 4.78 is 25.1. The molecule has 0 bridgehead atoms. The quantitative estimate of drug-likeness (QED) is 0.451. The maximum absolute atomic E-state index is 12.4. The molecule has 1 aromatic rings. The third-order valence-electron chi connectivity index (χ3n) is 1.37. The van der Waals surface area contributed by atoms with Gasteiger partial charge in [-0.05, 0) is 28.7 Å². The Bertz CT molecular complexity index is 320. The van der Waals surface area contributed by atoms with Gasteiger partial charge < -0.3 is 0 Å². The molecule has 0 fully saturated rings. The highest BCUT2D eigenvalue weighted by atomic mass is 127. The molecule has 1 nitrogen and oxygen atoms in total. The highest BCUT2D eigenvalue weighted by molar-refractivity contribution is 14.1. The number of pyridine rings is 1. The van der Waals surface area contributed by atoms with E-state index in [2.05, 4.69) is 4.98 Å². The van der Waals surface area contributed by atoms with Gasteiger partial charge in [-0.15, -0.1) is 11.6 Å². The van der Waals surface area contributed by atoms with Crippen molar-refractivity contribution in [2.75, 3.05) is 0 Å². The fourth-order valence-corrected chi connectivity index (χ4v) is 1.73. The lowest BCUT2D eigenvalue weighted by Crippen LogP contribution is -1.96. The summed E-state index contributed by atoms with van der Waals surface area (Å²) in [5.41, 5.74) is 0.197. The van der Waals surface area contributed by atoms with Crippen LogP contribution in [0, 0.1) is 3.70 Å². The minimum Gasteiger partial charge on any atom is -0.244 e. The number of nitrogens with zero attached hydrogens (tertiary/aromatic N) is 1. The van der Waals surface area contributed by atoms with Crippen LogP contribution in [-0.2, 0) is 5.88 Å². The van der Waals surface area contributed by atoms with Gasteiger partial charge in [-0.25, -0.2) is 13.8 Å². The third-order valence-corrected chi connectivity index (χ3v) is 3.14. The van der Waals surface area contributed by atoms with Gasteiger partial charge in [-0.3, -0.25) is 0 Å². The molecule has 0 amide bonds. The molecule has 13 heavy (non-hydrogen) atoms. The Morgan fingerprint density at radius 2 is 2.15 bits per heavy atom. The van der Waals surface area contributed by atoms with Crippen LogP contribution in [0.5, 0.6) is 0 Å². The highest BCUT2D eigenvalue weighted by Gasteiger charge is 2.16. The number of hydrogen-bond donors (Lipinski definition) is 0. The number of rotatable bonds is 2. The Balaban J connectivity index is 3.25. The fraction of sp³-hybridized carbons (Fsp3) is 0.286. The normalized spacial score (nSPS) is 10.9. The Labute approximate surface area is 97.6 Å². The molecule has 1 rings (SSSR count). The lowest BCUT2D eigenvalue weighted by Gasteiger charge is -2.06. The van der Waals surface area contributed by atoms with Gasteiger partial charge in [0.25, 0.3) is 6.43 Å². The molecule has 0 aliphatic heterocycles. The maximum Gasteiger partial charge on any atom is 0.265 e. The molecule has 0 aliphatic carbocycles. The molecule has 0 saturated carbocycles. The van der Waals surface area contributed by atoms with Crippen LogP contribution in [0.25, 0.3) is 0 Å². The predicted octanol–water partition coefficient (Wildman–Crippen LogP) is 4.02. The average molecular weight is 338 g/mol. The zero-order chi connectivity index (χ0) is 10.0. The van der Waals surface area contributed by atoms with Crippen molar-refractivity contribution < 1.29 is 8.78 Å². The summed E-state index contributed by atoms with van der Waals surface area (Å²) in [6, 6.07) is 1.22. The number of halogens is 5. The maximum atomic E-state index is 12.4. The SMILES string of the molecule is FC(F)c1cc(CCl)nc(I)c1Cl. The van der Waals surface area contributed by atoms with E-state index in [9.17, 15) is 8.78 Å². The van der Waals surface area contributed by atoms with E-state index in [4.69, 9.17) is 23.2 Å². The van der Waals surface area contributed by atoms with E-state index < -0.39 is 6.43 Å². The molecule has 72 valence electrons. The molecule has 1 aromatic heterocycles. The van der Waals surface area contributed by atoms with Crippen molar-refractivity contribution in [2.24, 2.45) is 0 Å². The first-order chi connectivity index (χ1) is 6.06. The molecular formula is C7H4Cl2F2IN. The van der Waals surface area contributed by atoms with Crippen molar-refractivity contribution in [2.45, 2.75) is 12.3 Å². The Morgan fingerprint density at radius 3 is 2.62 bits per heavy atom. The summed E-state index contributed by atoms with van der Waals surface area (Å²) in [5.74, 6) is 0.104. The van der Waals surface area contributed by atoms with E-state index in [-0.39, 0.29) is 16.5 Å². The van der Waals surface area contributed by atoms with Gasteiger partial charge in [0.2, 0.25) is 0 Å². The minimum atomic E-state index is -2.59. The third kappa shape index (κ3) is 2.63. The molecule has 0 spiro atoms. The average Bonchev–Trinajstić information content (AvgIpc) is 2.09. The van der Waals surface area contributed by atoms with Gasteiger partial charge in [-0.1, -0.05) is 11.6 Å². The van der Waals surface area contributed by atoms with Crippen LogP contribution in [0.15, 0.2) is 6.07 Å². The molecular weight excluding hydrogens is 334 g/mol. The minimum absolute atomic E-state index is 0.00414. The van der Waals surface area contributed by atoms with Gasteiger partial charge in [0.05, 0.1) is 16.6 Å². The Morgan fingerprint density at radius 1 is 1.54 bits per heavy atom. The second-order valence-electron chi connectivity index (χ2n) is 2.24. The molecule has 6 heteroatoms. The standard InChI is InChI=1S/C7H4Cl2F2IN/c8-2-3-1-4(6(10)11)5(9)7(12)13-3/h1,6H,2H2. The molecule has 0 aliphatic rings. The summed E-state index contributed by atoms with van der Waals surface area (Å²) in [6.07, 6.45) is -2.59. The van der Waals surface area contributed by atoms with E-state index >= 15 is 0 Å². The monoisotopic (exact) mass is 337 g/mol. The molecule has 1 heterocycles. The van der Waals surface area contributed by atoms with Crippen molar-refractivity contribution >= 4 is 45.8 Å². The first-order valence-electron chi connectivity index (χ1n) is 3.25. The fourth-order valence-electron chi connectivity index (χ4n) is 0.797. The van der Waals surface area contributed by atoms with E-state index in [1.165, 1.54) is 6.07 Å². The largest absolute Gasteiger partial charge is 0.265 e. The van der Waals surface area contributed by atoms with Gasteiger partial charge in [0, 0.05) is 5.56 Å². The number of alkyl halides is 3. The lowest BCUT2D eigenvalue weighted by molar-refractivity contribution is 0.151. The summed E-state index contributed by atoms with van der Waals surface area (Å²) >= 11 is 12.9. The van der Waals surface area contributed by atoms with Gasteiger partial charge >= 0.3 is 0 Å². The van der Waals surface area contributed by atoms with Crippen molar-refractivity contribution in [1.29, 1.82) is 0 Å². The molecule has 0 aromatic carbocycles. The first kappa shape index (κ1) is 11.4. The summed E-state index contributed by atoms with van der Waals surface area (Å²) in [4.78, 5) is 3.92. The van der Waals surface area contributed by atoms with E-state index in [1.54, 1.807) is 22.6 Å². The first-order valence-corrected chi connectivity index (χ1v) is 5.24. The summed E-state index contributed by atoms with van der Waals surface area (Å²) in [7, 11) is 0. The van der Waals surface area contributed by atoms with Crippen LogP contribution in [0.1, 0.15) is 17.7 Å². The van der Waals surface area contributed by atoms with Gasteiger partial charge in [-0.2, -0.15) is 0 Å². The van der Waals surface area contributed by atoms with Crippen molar-refractivity contribution in [3.63, 3.8) is 0 Å². The molecule has 0 N–H and O–H groups in total. The Kier molecular flexibility index (Phi) is 4.12. The van der Waals surface area contributed by atoms with Crippen LogP contribution in [0.3, 0.4) is 0 Å². The highest BCUT2D eigenvalue weighted by Crippen LogP contribution is 2.30. The molecule has 0 saturated heterocycles. The van der Waals surface area contributed by atoms with Crippen LogP contribution in [0.2, 0.25) is 5.02 Å². The van der Waals surface area contributed by atoms with Crippen LogP contribution >= 0.6 is 45.8 Å². The van der Waals surface area contributed by atoms with E-state index in [0.29, 0.717) is 9.39 Å². The van der Waals surface area contributed by atoms with Crippen molar-refractivity contribution in [1.82, 2.24) is 4.98 Å². The second kappa shape index (κ2) is 4.70. The second-order valence-corrected chi connectivity index (χ2v) is 3.91. The molecule has 0 radical (unpaired) electrons. The number of aromatic nitrogens is 1. The van der Waals surface area contributed by atoms with E-state index in [1.807, 2.05) is 0 Å². The van der Waals surface area contributed by atoms with Crippen LogP contribution in [0.4, 0.5) is 8.78 Å². The molecule has 0 atom stereocenters. The van der Waals surface area contributed by atoms with Gasteiger partial charge in [0.1, 0.15) is 3.70 Å². The predicted molar refractivity (Wildman–Crippen MR) is 56.5 cm³/mol. The Hall–Kier alpha value is 0.320. The number of hydrogen-bond acceptors (Lipinski definition) is 1. The van der Waals surface area contributed by atoms with Gasteiger partial charge in [0.15, 0.2) is 0 Å².